The summed E-state index contributed by atoms with van der Waals surface area (Å²) in [4.78, 5) is 13.5. The number of hydrogen-bond acceptors (Lipinski definition) is 5. The van der Waals surface area contributed by atoms with Gasteiger partial charge in [0.1, 0.15) is 5.75 Å². The Labute approximate surface area is 194 Å². The molecule has 8 heteroatoms. The Hall–Kier alpha value is -3.52. The molecule has 1 heterocycles. The fraction of sp³-hybridized carbons (Fsp3) is 0.250. The minimum absolute atomic E-state index is 0.246. The number of nitrogens with zero attached hydrogens (tertiary/aromatic N) is 3. The lowest BCUT2D eigenvalue weighted by Gasteiger charge is -2.15. The number of anilines is 2. The summed E-state index contributed by atoms with van der Waals surface area (Å²) >= 11 is 5.51. The summed E-state index contributed by atoms with van der Waals surface area (Å²) < 4.78 is 0. The first kappa shape index (κ1) is 23.1. The van der Waals surface area contributed by atoms with Gasteiger partial charge in [-0.15, -0.1) is 0 Å². The SMILES string of the molecule is Cc1cc(C)cc(NC(=S)NC(=NCCc2ccc(O)cc2)Nc2nc(C)cc(C)n2)c1. The summed E-state index contributed by atoms with van der Waals surface area (Å²) in [6.07, 6.45) is 0.706. The second-order valence-corrected chi connectivity index (χ2v) is 8.11. The van der Waals surface area contributed by atoms with E-state index in [0.717, 1.165) is 33.8 Å². The Bertz CT molecular complexity index is 1090. The molecular weight excluding hydrogens is 420 g/mol. The summed E-state index contributed by atoms with van der Waals surface area (Å²) in [5.74, 6) is 1.15. The Morgan fingerprint density at radius 1 is 0.906 bits per heavy atom. The number of guanidine groups is 1. The number of phenolic OH excluding ortho intramolecular Hbond substituents is 1. The molecule has 3 aromatic rings. The van der Waals surface area contributed by atoms with Crippen molar-refractivity contribution in [1.29, 1.82) is 0 Å². The molecule has 0 saturated heterocycles. The predicted octanol–water partition coefficient (Wildman–Crippen LogP) is 4.41. The fourth-order valence-electron chi connectivity index (χ4n) is 3.27. The molecule has 1 aromatic heterocycles. The molecule has 2 aromatic carbocycles. The van der Waals surface area contributed by atoms with E-state index in [0.29, 0.717) is 30.0 Å². The molecule has 0 radical (unpaired) electrons. The van der Waals surface area contributed by atoms with Gasteiger partial charge in [-0.2, -0.15) is 0 Å². The molecule has 0 atom stereocenters. The smallest absolute Gasteiger partial charge is 0.229 e. The first-order valence-corrected chi connectivity index (χ1v) is 10.8. The monoisotopic (exact) mass is 448 g/mol. The highest BCUT2D eigenvalue weighted by Gasteiger charge is 2.08. The average molecular weight is 449 g/mol. The number of benzene rings is 2. The normalized spacial score (nSPS) is 11.2. The number of aromatic nitrogens is 2. The van der Waals surface area contributed by atoms with E-state index in [2.05, 4.69) is 37.0 Å². The maximum Gasteiger partial charge on any atom is 0.229 e. The van der Waals surface area contributed by atoms with Crippen molar-refractivity contribution in [3.05, 3.63) is 76.6 Å². The van der Waals surface area contributed by atoms with E-state index in [-0.39, 0.29) is 5.75 Å². The quantitative estimate of drug-likeness (QED) is 0.261. The van der Waals surface area contributed by atoms with Crippen molar-refractivity contribution in [2.75, 3.05) is 17.2 Å². The number of aryl methyl sites for hydroxylation is 4. The summed E-state index contributed by atoms with van der Waals surface area (Å²) in [5, 5.41) is 19.3. The molecule has 0 saturated carbocycles. The van der Waals surface area contributed by atoms with E-state index in [9.17, 15) is 5.11 Å². The maximum atomic E-state index is 9.45. The van der Waals surface area contributed by atoms with Crippen LogP contribution in [-0.2, 0) is 6.42 Å². The van der Waals surface area contributed by atoms with Crippen molar-refractivity contribution in [1.82, 2.24) is 15.3 Å². The largest absolute Gasteiger partial charge is 0.508 e. The van der Waals surface area contributed by atoms with Crippen LogP contribution in [0.5, 0.6) is 5.75 Å². The van der Waals surface area contributed by atoms with Crippen LogP contribution in [0.2, 0.25) is 0 Å². The van der Waals surface area contributed by atoms with Crippen LogP contribution in [0.15, 0.2) is 53.5 Å². The zero-order valence-corrected chi connectivity index (χ0v) is 19.5. The van der Waals surface area contributed by atoms with Crippen molar-refractivity contribution in [3.8, 4) is 5.75 Å². The van der Waals surface area contributed by atoms with Crippen LogP contribution >= 0.6 is 12.2 Å². The Morgan fingerprint density at radius 3 is 2.16 bits per heavy atom. The number of phenols is 1. The Balaban J connectivity index is 1.73. The minimum Gasteiger partial charge on any atom is -0.508 e. The van der Waals surface area contributed by atoms with Crippen LogP contribution < -0.4 is 16.0 Å². The van der Waals surface area contributed by atoms with Crippen LogP contribution in [0.1, 0.15) is 28.1 Å². The first-order chi connectivity index (χ1) is 15.3. The van der Waals surface area contributed by atoms with Crippen LogP contribution in [0.25, 0.3) is 0 Å². The molecule has 3 rings (SSSR count). The van der Waals surface area contributed by atoms with Gasteiger partial charge >= 0.3 is 0 Å². The predicted molar refractivity (Wildman–Crippen MR) is 135 cm³/mol. The molecule has 0 aliphatic rings. The van der Waals surface area contributed by atoms with Gasteiger partial charge < -0.3 is 15.7 Å². The standard InChI is InChI=1S/C24H28N6OS/c1-15-11-16(2)13-20(12-15)28-24(32)30-22(29-23-26-17(3)14-18(4)27-23)25-10-9-19-5-7-21(31)8-6-19/h5-8,11-14,31H,9-10H2,1-4H3,(H3,25,26,27,28,29,30,32). The molecule has 0 fully saturated rings. The van der Waals surface area contributed by atoms with Gasteiger partial charge in [-0.1, -0.05) is 18.2 Å². The highest BCUT2D eigenvalue weighted by atomic mass is 32.1. The second kappa shape index (κ2) is 10.7. The van der Waals surface area contributed by atoms with Gasteiger partial charge in [-0.25, -0.2) is 9.97 Å². The van der Waals surface area contributed by atoms with Gasteiger partial charge in [0, 0.05) is 23.6 Å². The zero-order chi connectivity index (χ0) is 23.1. The van der Waals surface area contributed by atoms with Crippen LogP contribution in [0, 0.1) is 27.7 Å². The van der Waals surface area contributed by atoms with Crippen molar-refractivity contribution < 1.29 is 5.11 Å². The summed E-state index contributed by atoms with van der Waals surface area (Å²) in [7, 11) is 0. The van der Waals surface area contributed by atoms with Crippen molar-refractivity contribution >= 4 is 34.9 Å². The van der Waals surface area contributed by atoms with Gasteiger partial charge in [-0.3, -0.25) is 10.3 Å². The van der Waals surface area contributed by atoms with E-state index in [1.165, 1.54) is 0 Å². The molecule has 32 heavy (non-hydrogen) atoms. The van der Waals surface area contributed by atoms with Crippen molar-refractivity contribution in [2.45, 2.75) is 34.1 Å². The molecule has 0 bridgehead atoms. The summed E-state index contributed by atoms with van der Waals surface area (Å²) in [6, 6.07) is 15.2. The topological polar surface area (TPSA) is 94.5 Å². The van der Waals surface area contributed by atoms with Gasteiger partial charge in [-0.05, 0) is 93.4 Å². The number of thiocarbonyl (C=S) groups is 1. The molecule has 0 spiro atoms. The lowest BCUT2D eigenvalue weighted by Crippen LogP contribution is -2.39. The van der Waals surface area contributed by atoms with E-state index in [1.54, 1.807) is 12.1 Å². The van der Waals surface area contributed by atoms with Crippen LogP contribution in [0.4, 0.5) is 11.6 Å². The third-order valence-corrected chi connectivity index (χ3v) is 4.73. The Kier molecular flexibility index (Phi) is 7.72. The molecular formula is C24H28N6OS. The molecule has 0 aliphatic carbocycles. The lowest BCUT2D eigenvalue weighted by molar-refractivity contribution is 0.475. The molecule has 166 valence electrons. The zero-order valence-electron chi connectivity index (χ0n) is 18.7. The van der Waals surface area contributed by atoms with E-state index >= 15 is 0 Å². The van der Waals surface area contributed by atoms with E-state index < -0.39 is 0 Å². The highest BCUT2D eigenvalue weighted by molar-refractivity contribution is 7.80. The van der Waals surface area contributed by atoms with Gasteiger partial charge in [0.15, 0.2) is 5.11 Å². The van der Waals surface area contributed by atoms with Crippen molar-refractivity contribution in [3.63, 3.8) is 0 Å². The summed E-state index contributed by atoms with van der Waals surface area (Å²) in [6.45, 7) is 8.44. The maximum absolute atomic E-state index is 9.45. The molecule has 0 unspecified atom stereocenters. The fourth-order valence-corrected chi connectivity index (χ4v) is 3.49. The van der Waals surface area contributed by atoms with Gasteiger partial charge in [0.2, 0.25) is 11.9 Å². The Morgan fingerprint density at radius 2 is 1.53 bits per heavy atom. The highest BCUT2D eigenvalue weighted by Crippen LogP contribution is 2.14. The third kappa shape index (κ3) is 7.31. The molecule has 0 aliphatic heterocycles. The average Bonchev–Trinajstić information content (AvgIpc) is 2.67. The minimum atomic E-state index is 0.246. The van der Waals surface area contributed by atoms with Crippen LogP contribution in [-0.4, -0.2) is 32.7 Å². The van der Waals surface area contributed by atoms with E-state index in [1.807, 2.05) is 58.0 Å². The van der Waals surface area contributed by atoms with Crippen LogP contribution in [0.3, 0.4) is 0 Å². The first-order valence-electron chi connectivity index (χ1n) is 10.3. The molecule has 7 nitrogen and oxygen atoms in total. The van der Waals surface area contributed by atoms with Gasteiger partial charge in [0.05, 0.1) is 0 Å². The lowest BCUT2D eigenvalue weighted by atomic mass is 10.1. The number of hydrogen-bond donors (Lipinski definition) is 4. The number of rotatable bonds is 5. The van der Waals surface area contributed by atoms with Crippen molar-refractivity contribution in [2.24, 2.45) is 4.99 Å². The number of nitrogens with one attached hydrogen (secondary N) is 3. The third-order valence-electron chi connectivity index (χ3n) is 4.53. The summed E-state index contributed by atoms with van der Waals surface area (Å²) in [5.41, 5.74) is 6.01. The van der Waals surface area contributed by atoms with E-state index in [4.69, 9.17) is 12.2 Å². The molecule has 4 N–H and O–H groups in total. The molecule has 0 amide bonds. The number of aliphatic imine (C=N–C) groups is 1. The van der Waals surface area contributed by atoms with Gasteiger partial charge in [0.25, 0.3) is 0 Å². The number of aromatic hydroxyl groups is 1. The second-order valence-electron chi connectivity index (χ2n) is 7.70.